The summed E-state index contributed by atoms with van der Waals surface area (Å²) in [6.07, 6.45) is 9.80. The first-order valence-electron chi connectivity index (χ1n) is 11.5. The fourth-order valence-electron chi connectivity index (χ4n) is 5.79. The molecule has 2 amide bonds. The molecule has 1 aromatic carbocycles. The molecular weight excluding hydrogens is 422 g/mol. The number of carbonyl (C=O) groups excluding carboxylic acids is 2. The molecule has 6 heteroatoms. The number of hydrogen-bond donors (Lipinski definition) is 2. The normalized spacial score (nSPS) is 26.3. The average Bonchev–Trinajstić information content (AvgIpc) is 3.47. The summed E-state index contributed by atoms with van der Waals surface area (Å²) < 4.78 is 0. The topological polar surface area (TPSA) is 71.1 Å². The molecule has 4 atom stereocenters. The summed E-state index contributed by atoms with van der Waals surface area (Å²) in [5.74, 6) is -0.211. The Balaban J connectivity index is 1.22. The fraction of sp³-hybridized carbons (Fsp3) is 0.423. The Morgan fingerprint density at radius 3 is 2.09 bits per heavy atom. The van der Waals surface area contributed by atoms with Crippen LogP contribution < -0.4 is 10.6 Å². The molecule has 1 spiro atoms. The van der Waals surface area contributed by atoms with Gasteiger partial charge in [0, 0.05) is 36.4 Å². The Morgan fingerprint density at radius 1 is 0.906 bits per heavy atom. The number of nitrogens with zero attached hydrogens (tertiary/aromatic N) is 1. The van der Waals surface area contributed by atoms with Gasteiger partial charge in [0.25, 0.3) is 0 Å². The van der Waals surface area contributed by atoms with E-state index >= 15 is 0 Å². The number of halogens is 1. The molecule has 5 rings (SSSR count). The highest BCUT2D eigenvalue weighted by molar-refractivity contribution is 6.30. The summed E-state index contributed by atoms with van der Waals surface area (Å²) in [4.78, 5) is 30.8. The fourth-order valence-corrected chi connectivity index (χ4v) is 5.91. The number of amides is 2. The van der Waals surface area contributed by atoms with Crippen LogP contribution in [0, 0.1) is 29.1 Å². The van der Waals surface area contributed by atoms with Crippen LogP contribution in [0.1, 0.15) is 24.1 Å². The minimum Gasteiger partial charge on any atom is -0.355 e. The number of pyridine rings is 1. The summed E-state index contributed by atoms with van der Waals surface area (Å²) in [7, 11) is 0. The largest absolute Gasteiger partial charge is 0.355 e. The number of aromatic nitrogens is 1. The third kappa shape index (κ3) is 3.95. The third-order valence-corrected chi connectivity index (χ3v) is 7.73. The lowest BCUT2D eigenvalue weighted by Crippen LogP contribution is -2.44. The zero-order valence-electron chi connectivity index (χ0n) is 18.0. The molecule has 2 saturated carbocycles. The lowest BCUT2D eigenvalue weighted by Gasteiger charge is -2.26. The maximum Gasteiger partial charge on any atom is 0.224 e. The van der Waals surface area contributed by atoms with Crippen LogP contribution in [0.5, 0.6) is 0 Å². The van der Waals surface area contributed by atoms with Gasteiger partial charge in [-0.3, -0.25) is 14.6 Å². The molecule has 2 bridgehead atoms. The Labute approximate surface area is 193 Å². The van der Waals surface area contributed by atoms with Crippen molar-refractivity contribution in [3.05, 3.63) is 77.1 Å². The monoisotopic (exact) mass is 449 g/mol. The number of allylic oxidation sites excluding steroid dienone is 2. The van der Waals surface area contributed by atoms with E-state index in [1.165, 1.54) is 0 Å². The van der Waals surface area contributed by atoms with Crippen molar-refractivity contribution in [3.8, 4) is 0 Å². The molecule has 0 aliphatic heterocycles. The lowest BCUT2D eigenvalue weighted by atomic mass is 9.81. The molecule has 2 fully saturated rings. The zero-order chi connectivity index (χ0) is 22.1. The van der Waals surface area contributed by atoms with E-state index in [9.17, 15) is 9.59 Å². The van der Waals surface area contributed by atoms with Gasteiger partial charge >= 0.3 is 0 Å². The van der Waals surface area contributed by atoms with Gasteiger partial charge in [-0.1, -0.05) is 42.0 Å². The molecule has 3 aliphatic carbocycles. The molecule has 5 nitrogen and oxygen atoms in total. The SMILES string of the molecule is O=C(NCCc1ccccn1)[C@H]1[C@H](C(=O)NCCc2ccc(Cl)cc2)[C@@H]2C=C[C@H]1C21CC1. The first-order valence-corrected chi connectivity index (χ1v) is 11.8. The Kier molecular flexibility index (Phi) is 5.76. The van der Waals surface area contributed by atoms with Crippen molar-refractivity contribution in [3.63, 3.8) is 0 Å². The van der Waals surface area contributed by atoms with E-state index in [-0.39, 0.29) is 40.9 Å². The van der Waals surface area contributed by atoms with Crippen molar-refractivity contribution in [1.82, 2.24) is 15.6 Å². The van der Waals surface area contributed by atoms with Gasteiger partial charge in [0.15, 0.2) is 0 Å². The molecule has 2 aromatic rings. The number of carbonyl (C=O) groups is 2. The third-order valence-electron chi connectivity index (χ3n) is 7.48. The number of rotatable bonds is 8. The quantitative estimate of drug-likeness (QED) is 0.605. The molecule has 0 unspecified atom stereocenters. The minimum absolute atomic E-state index is 0.00177. The highest BCUT2D eigenvalue weighted by Crippen LogP contribution is 2.72. The molecule has 3 aliphatic rings. The van der Waals surface area contributed by atoms with Gasteiger partial charge in [0.05, 0.1) is 11.8 Å². The predicted octanol–water partition coefficient (Wildman–Crippen LogP) is 3.58. The van der Waals surface area contributed by atoms with Gasteiger partial charge in [-0.25, -0.2) is 0 Å². The van der Waals surface area contributed by atoms with Crippen LogP contribution in [-0.4, -0.2) is 29.9 Å². The molecule has 32 heavy (non-hydrogen) atoms. The molecular formula is C26H28ClN3O2. The van der Waals surface area contributed by atoms with Gasteiger partial charge in [-0.05, 0) is 66.3 Å². The van der Waals surface area contributed by atoms with Crippen LogP contribution in [0.4, 0.5) is 0 Å². The highest BCUT2D eigenvalue weighted by Gasteiger charge is 2.69. The van der Waals surface area contributed by atoms with Gasteiger partial charge in [-0.2, -0.15) is 0 Å². The van der Waals surface area contributed by atoms with E-state index < -0.39 is 0 Å². The summed E-state index contributed by atoms with van der Waals surface area (Å²) in [6.45, 7) is 1.09. The standard InChI is InChI=1S/C26H28ClN3O2/c27-18-6-4-17(5-7-18)10-15-29-24(31)22-20-8-9-21(26(20)12-13-26)23(22)25(32)30-16-11-19-3-1-2-14-28-19/h1-9,14,20-23H,10-13,15-16H2,(H,29,31)(H,30,32)/t20-,21+,22+,23+/m0/s1. The zero-order valence-corrected chi connectivity index (χ0v) is 18.7. The van der Waals surface area contributed by atoms with E-state index in [0.29, 0.717) is 24.5 Å². The Hall–Kier alpha value is -2.66. The van der Waals surface area contributed by atoms with Crippen molar-refractivity contribution in [1.29, 1.82) is 0 Å². The van der Waals surface area contributed by atoms with Crippen molar-refractivity contribution in [2.45, 2.75) is 25.7 Å². The lowest BCUT2D eigenvalue weighted by molar-refractivity contribution is -0.135. The summed E-state index contributed by atoms with van der Waals surface area (Å²) in [5, 5.41) is 6.91. The second kappa shape index (κ2) is 8.70. The predicted molar refractivity (Wildman–Crippen MR) is 124 cm³/mol. The van der Waals surface area contributed by atoms with Gasteiger partial charge in [0.2, 0.25) is 11.8 Å². The van der Waals surface area contributed by atoms with Crippen molar-refractivity contribution in [2.75, 3.05) is 13.1 Å². The van der Waals surface area contributed by atoms with Gasteiger partial charge in [-0.15, -0.1) is 0 Å². The van der Waals surface area contributed by atoms with Crippen molar-refractivity contribution >= 4 is 23.4 Å². The number of benzene rings is 1. The molecule has 1 aromatic heterocycles. The van der Waals surface area contributed by atoms with Crippen molar-refractivity contribution < 1.29 is 9.59 Å². The van der Waals surface area contributed by atoms with Gasteiger partial charge < -0.3 is 10.6 Å². The van der Waals surface area contributed by atoms with Crippen LogP contribution in [-0.2, 0) is 22.4 Å². The van der Waals surface area contributed by atoms with Crippen LogP contribution in [0.25, 0.3) is 0 Å². The first-order chi connectivity index (χ1) is 15.6. The maximum absolute atomic E-state index is 13.2. The second-order valence-electron chi connectivity index (χ2n) is 9.25. The summed E-state index contributed by atoms with van der Waals surface area (Å²) >= 11 is 5.95. The van der Waals surface area contributed by atoms with Crippen molar-refractivity contribution in [2.24, 2.45) is 29.1 Å². The highest BCUT2D eigenvalue weighted by atomic mass is 35.5. The van der Waals surface area contributed by atoms with E-state index in [0.717, 1.165) is 30.5 Å². The Morgan fingerprint density at radius 2 is 1.53 bits per heavy atom. The summed E-state index contributed by atoms with van der Waals surface area (Å²) in [6, 6.07) is 13.5. The van der Waals surface area contributed by atoms with E-state index in [2.05, 4.69) is 27.8 Å². The van der Waals surface area contributed by atoms with Crippen LogP contribution in [0.15, 0.2) is 60.8 Å². The smallest absolute Gasteiger partial charge is 0.224 e. The van der Waals surface area contributed by atoms with Crippen LogP contribution in [0.3, 0.4) is 0 Å². The molecule has 1 heterocycles. The second-order valence-corrected chi connectivity index (χ2v) is 9.69. The van der Waals surface area contributed by atoms with E-state index in [4.69, 9.17) is 11.6 Å². The van der Waals surface area contributed by atoms with E-state index in [1.54, 1.807) is 6.20 Å². The van der Waals surface area contributed by atoms with Crippen LogP contribution in [0.2, 0.25) is 5.02 Å². The first kappa shape index (κ1) is 21.2. The van der Waals surface area contributed by atoms with Gasteiger partial charge in [0.1, 0.15) is 0 Å². The average molecular weight is 450 g/mol. The molecule has 0 saturated heterocycles. The molecule has 166 valence electrons. The maximum atomic E-state index is 13.2. The minimum atomic E-state index is -0.285. The number of hydrogen-bond acceptors (Lipinski definition) is 3. The Bertz CT molecular complexity index is 1020. The van der Waals surface area contributed by atoms with Crippen LogP contribution >= 0.6 is 11.6 Å². The summed E-state index contributed by atoms with van der Waals surface area (Å²) in [5.41, 5.74) is 2.22. The molecule has 2 N–H and O–H groups in total. The molecule has 0 radical (unpaired) electrons. The number of nitrogens with one attached hydrogen (secondary N) is 2. The van der Waals surface area contributed by atoms with E-state index in [1.807, 2.05) is 42.5 Å².